The van der Waals surface area contributed by atoms with Crippen LogP contribution in [0.4, 0.5) is 0 Å². The van der Waals surface area contributed by atoms with Crippen LogP contribution in [0.1, 0.15) is 15.9 Å². The molecular weight excluding hydrogens is 204 g/mol. The van der Waals surface area contributed by atoms with E-state index in [2.05, 4.69) is 0 Å². The van der Waals surface area contributed by atoms with Crippen LogP contribution in [0.5, 0.6) is 0 Å². The van der Waals surface area contributed by atoms with Gasteiger partial charge in [-0.25, -0.2) is 4.79 Å². The third-order valence-electron chi connectivity index (χ3n) is 2.07. The molecule has 70 valence electrons. The van der Waals surface area contributed by atoms with Crippen molar-refractivity contribution in [1.29, 1.82) is 0 Å². The first-order chi connectivity index (χ1) is 6.63. The number of ketones is 1. The van der Waals surface area contributed by atoms with Crippen LogP contribution in [0.15, 0.2) is 29.3 Å². The van der Waals surface area contributed by atoms with Crippen molar-refractivity contribution >= 4 is 28.9 Å². The van der Waals surface area contributed by atoms with Gasteiger partial charge in [0.1, 0.15) is 5.03 Å². The summed E-state index contributed by atoms with van der Waals surface area (Å²) in [4.78, 5) is 22.3. The highest BCUT2D eigenvalue weighted by molar-refractivity contribution is 6.54. The van der Waals surface area contributed by atoms with E-state index in [-0.39, 0.29) is 10.6 Å². The standard InChI is InChI=1S/C10H5ClO3/c11-8-7(10(13)14)5-3-1-2-4-6(5)9(8)12/h1-4H,(H,13,14). The van der Waals surface area contributed by atoms with Gasteiger partial charge in [-0.05, 0) is 0 Å². The van der Waals surface area contributed by atoms with Crippen LogP contribution in [-0.4, -0.2) is 16.9 Å². The van der Waals surface area contributed by atoms with Gasteiger partial charge in [0.25, 0.3) is 0 Å². The van der Waals surface area contributed by atoms with Gasteiger partial charge in [-0.2, -0.15) is 0 Å². The first-order valence-electron chi connectivity index (χ1n) is 3.90. The summed E-state index contributed by atoms with van der Waals surface area (Å²) >= 11 is 5.64. The first kappa shape index (κ1) is 8.97. The maximum atomic E-state index is 11.5. The largest absolute Gasteiger partial charge is 0.478 e. The summed E-state index contributed by atoms with van der Waals surface area (Å²) in [5.41, 5.74) is 0.650. The lowest BCUT2D eigenvalue weighted by molar-refractivity contribution is -0.130. The van der Waals surface area contributed by atoms with Gasteiger partial charge in [-0.3, -0.25) is 4.79 Å². The summed E-state index contributed by atoms with van der Waals surface area (Å²) in [6, 6.07) is 6.48. The molecule has 14 heavy (non-hydrogen) atoms. The summed E-state index contributed by atoms with van der Waals surface area (Å²) in [5.74, 6) is -1.59. The molecule has 1 aliphatic rings. The highest BCUT2D eigenvalue weighted by Gasteiger charge is 2.31. The van der Waals surface area contributed by atoms with E-state index < -0.39 is 11.8 Å². The third kappa shape index (κ3) is 1.06. The van der Waals surface area contributed by atoms with E-state index in [0.29, 0.717) is 11.1 Å². The van der Waals surface area contributed by atoms with Gasteiger partial charge in [-0.15, -0.1) is 0 Å². The van der Waals surface area contributed by atoms with Crippen molar-refractivity contribution in [2.45, 2.75) is 0 Å². The van der Waals surface area contributed by atoms with Crippen molar-refractivity contribution in [1.82, 2.24) is 0 Å². The predicted molar refractivity (Wildman–Crippen MR) is 51.2 cm³/mol. The number of fused-ring (bicyclic) bond motifs is 1. The lowest BCUT2D eigenvalue weighted by Gasteiger charge is -1.97. The molecule has 0 atom stereocenters. The number of rotatable bonds is 1. The molecule has 1 N–H and O–H groups in total. The number of hydrogen-bond donors (Lipinski definition) is 1. The zero-order chi connectivity index (χ0) is 10.3. The lowest BCUT2D eigenvalue weighted by Crippen LogP contribution is -1.98. The molecule has 0 saturated heterocycles. The maximum absolute atomic E-state index is 11.5. The number of Topliss-reactive ketones (excluding diaryl/α,β-unsaturated/α-hetero) is 1. The van der Waals surface area contributed by atoms with Crippen LogP contribution in [0.2, 0.25) is 0 Å². The Morgan fingerprint density at radius 2 is 1.79 bits per heavy atom. The first-order valence-corrected chi connectivity index (χ1v) is 4.28. The number of carboxylic acid groups (broad SMARTS) is 1. The van der Waals surface area contributed by atoms with Crippen LogP contribution in [0.25, 0.3) is 5.57 Å². The van der Waals surface area contributed by atoms with Crippen molar-refractivity contribution in [3.63, 3.8) is 0 Å². The van der Waals surface area contributed by atoms with Crippen LogP contribution in [0, 0.1) is 0 Å². The molecule has 1 aromatic rings. The molecule has 4 heteroatoms. The Balaban J connectivity index is 2.73. The number of benzene rings is 1. The highest BCUT2D eigenvalue weighted by atomic mass is 35.5. The van der Waals surface area contributed by atoms with E-state index in [4.69, 9.17) is 16.7 Å². The molecule has 0 amide bonds. The third-order valence-corrected chi connectivity index (χ3v) is 2.43. The van der Waals surface area contributed by atoms with Crippen molar-refractivity contribution in [2.75, 3.05) is 0 Å². The number of carbonyl (C=O) groups excluding carboxylic acids is 1. The van der Waals surface area contributed by atoms with Gasteiger partial charge < -0.3 is 5.11 Å². The molecule has 3 nitrogen and oxygen atoms in total. The molecule has 0 radical (unpaired) electrons. The van der Waals surface area contributed by atoms with Gasteiger partial charge in [0, 0.05) is 11.1 Å². The summed E-state index contributed by atoms with van der Waals surface area (Å²) < 4.78 is 0. The van der Waals surface area contributed by atoms with Crippen LogP contribution in [-0.2, 0) is 4.79 Å². The smallest absolute Gasteiger partial charge is 0.337 e. The van der Waals surface area contributed by atoms with Crippen molar-refractivity contribution in [3.8, 4) is 0 Å². The zero-order valence-electron chi connectivity index (χ0n) is 6.95. The average Bonchev–Trinajstić information content (AvgIpc) is 2.41. The van der Waals surface area contributed by atoms with E-state index in [9.17, 15) is 9.59 Å². The Kier molecular flexibility index (Phi) is 1.89. The molecule has 0 unspecified atom stereocenters. The molecule has 0 saturated carbocycles. The normalized spacial score (nSPS) is 14.5. The van der Waals surface area contributed by atoms with Crippen LogP contribution < -0.4 is 0 Å². The fourth-order valence-corrected chi connectivity index (χ4v) is 1.74. The predicted octanol–water partition coefficient (Wildman–Crippen LogP) is 1.92. The van der Waals surface area contributed by atoms with Gasteiger partial charge in [0.2, 0.25) is 5.78 Å². The fraction of sp³-hybridized carbons (Fsp3) is 0. The van der Waals surface area contributed by atoms with Gasteiger partial charge in [0.15, 0.2) is 0 Å². The summed E-state index contributed by atoms with van der Waals surface area (Å²) in [6.07, 6.45) is 0. The summed E-state index contributed by atoms with van der Waals surface area (Å²) in [6.45, 7) is 0. The van der Waals surface area contributed by atoms with Crippen molar-refractivity contribution in [3.05, 3.63) is 40.4 Å². The quantitative estimate of drug-likeness (QED) is 0.767. The number of hydrogen-bond acceptors (Lipinski definition) is 2. The number of allylic oxidation sites excluding steroid dienone is 1. The Morgan fingerprint density at radius 3 is 2.36 bits per heavy atom. The minimum absolute atomic E-state index is 0.104. The molecular formula is C10H5ClO3. The monoisotopic (exact) mass is 208 g/mol. The molecule has 2 rings (SSSR count). The molecule has 0 fully saturated rings. The minimum Gasteiger partial charge on any atom is -0.478 e. The average molecular weight is 209 g/mol. The molecule has 0 aromatic heterocycles. The molecule has 0 aliphatic heterocycles. The van der Waals surface area contributed by atoms with Gasteiger partial charge in [-0.1, -0.05) is 35.9 Å². The Labute approximate surface area is 84.6 Å². The number of halogens is 1. The van der Waals surface area contributed by atoms with E-state index in [0.717, 1.165) is 0 Å². The fourth-order valence-electron chi connectivity index (χ4n) is 1.46. The number of carbonyl (C=O) groups is 2. The van der Waals surface area contributed by atoms with E-state index in [1.165, 1.54) is 0 Å². The second-order valence-electron chi connectivity index (χ2n) is 2.87. The van der Waals surface area contributed by atoms with Gasteiger partial charge in [0.05, 0.1) is 5.57 Å². The van der Waals surface area contributed by atoms with E-state index in [1.54, 1.807) is 24.3 Å². The van der Waals surface area contributed by atoms with Crippen molar-refractivity contribution in [2.24, 2.45) is 0 Å². The minimum atomic E-state index is -1.17. The Bertz CT molecular complexity index is 474. The number of carboxylic acids is 1. The Hall–Kier alpha value is -1.61. The second-order valence-corrected chi connectivity index (χ2v) is 3.25. The zero-order valence-corrected chi connectivity index (χ0v) is 7.71. The molecule has 1 aromatic carbocycles. The highest BCUT2D eigenvalue weighted by Crippen LogP contribution is 2.34. The van der Waals surface area contributed by atoms with E-state index in [1.807, 2.05) is 0 Å². The summed E-state index contributed by atoms with van der Waals surface area (Å²) in [7, 11) is 0. The maximum Gasteiger partial charge on any atom is 0.337 e. The van der Waals surface area contributed by atoms with Gasteiger partial charge >= 0.3 is 5.97 Å². The SMILES string of the molecule is O=C(O)C1=C(Cl)C(=O)c2ccccc21. The van der Waals surface area contributed by atoms with Crippen molar-refractivity contribution < 1.29 is 14.7 Å². The molecule has 1 aliphatic carbocycles. The van der Waals surface area contributed by atoms with Crippen LogP contribution in [0.3, 0.4) is 0 Å². The van der Waals surface area contributed by atoms with Crippen LogP contribution >= 0.6 is 11.6 Å². The molecule has 0 spiro atoms. The number of aliphatic carboxylic acids is 1. The topological polar surface area (TPSA) is 54.4 Å². The Morgan fingerprint density at radius 1 is 1.21 bits per heavy atom. The molecule has 0 bridgehead atoms. The second kappa shape index (κ2) is 2.96. The van der Waals surface area contributed by atoms with E-state index >= 15 is 0 Å². The lowest BCUT2D eigenvalue weighted by atomic mass is 10.1. The molecule has 0 heterocycles. The summed E-state index contributed by atoms with van der Waals surface area (Å²) in [5, 5.41) is 8.64.